The topological polar surface area (TPSA) is 60.3 Å². The molecule has 1 N–H and O–H groups in total. The van der Waals surface area contributed by atoms with Crippen molar-refractivity contribution in [1.82, 2.24) is 9.88 Å². The smallest absolute Gasteiger partial charge is 0.330 e. The second-order valence-corrected chi connectivity index (χ2v) is 5.57. The average Bonchev–Trinajstić information content (AvgIpc) is 2.85. The zero-order valence-electron chi connectivity index (χ0n) is 13.1. The van der Waals surface area contributed by atoms with E-state index in [1.54, 1.807) is 26.1 Å². The van der Waals surface area contributed by atoms with E-state index in [9.17, 15) is 9.59 Å². The van der Waals surface area contributed by atoms with Crippen LogP contribution in [0.15, 0.2) is 43.1 Å². The number of rotatable bonds is 5. The Balaban J connectivity index is 2.40. The first kappa shape index (κ1) is 15.8. The summed E-state index contributed by atoms with van der Waals surface area (Å²) in [7, 11) is 1.30. The predicted octanol–water partition coefficient (Wildman–Crippen LogP) is 2.51. The summed E-state index contributed by atoms with van der Waals surface area (Å²) in [5.41, 5.74) is 0.380. The van der Waals surface area contributed by atoms with Crippen LogP contribution in [0.4, 0.5) is 0 Å². The molecule has 1 aromatic carbocycles. The number of carbonyl (C=O) groups excluding carboxylic acids is 2. The van der Waals surface area contributed by atoms with Crippen LogP contribution >= 0.6 is 0 Å². The molecule has 1 heterocycles. The minimum Gasteiger partial charge on any atom is -0.467 e. The van der Waals surface area contributed by atoms with Gasteiger partial charge in [-0.1, -0.05) is 24.3 Å². The lowest BCUT2D eigenvalue weighted by Gasteiger charge is -2.22. The molecule has 22 heavy (non-hydrogen) atoms. The van der Waals surface area contributed by atoms with Gasteiger partial charge in [0.2, 0.25) is 0 Å². The second-order valence-electron chi connectivity index (χ2n) is 5.57. The van der Waals surface area contributed by atoms with Crippen molar-refractivity contribution in [2.45, 2.75) is 25.9 Å². The number of fused-ring (bicyclic) bond motifs is 1. The summed E-state index contributed by atoms with van der Waals surface area (Å²) in [6, 6.07) is 7.63. The van der Waals surface area contributed by atoms with Gasteiger partial charge in [0.15, 0.2) is 0 Å². The van der Waals surface area contributed by atoms with Gasteiger partial charge >= 0.3 is 5.97 Å². The number of hydrogen-bond acceptors (Lipinski definition) is 3. The average molecular weight is 300 g/mol. The van der Waals surface area contributed by atoms with Gasteiger partial charge in [-0.3, -0.25) is 4.79 Å². The van der Waals surface area contributed by atoms with E-state index in [0.717, 1.165) is 10.9 Å². The number of aromatic nitrogens is 1. The second kappa shape index (κ2) is 6.05. The maximum atomic E-state index is 12.6. The van der Waals surface area contributed by atoms with Crippen LogP contribution in [-0.2, 0) is 16.1 Å². The van der Waals surface area contributed by atoms with Gasteiger partial charge in [-0.05, 0) is 19.9 Å². The zero-order chi connectivity index (χ0) is 16.3. The summed E-state index contributed by atoms with van der Waals surface area (Å²) >= 11 is 0. The minimum absolute atomic E-state index is 0.311. The molecule has 5 heteroatoms. The van der Waals surface area contributed by atoms with E-state index in [-0.39, 0.29) is 5.91 Å². The van der Waals surface area contributed by atoms with E-state index in [1.807, 2.05) is 28.8 Å². The Bertz CT molecular complexity index is 729. The number of hydrogen-bond donors (Lipinski definition) is 1. The molecule has 1 aromatic heterocycles. The number of benzene rings is 1. The molecule has 0 radical (unpaired) electrons. The molecule has 1 amide bonds. The number of esters is 1. The van der Waals surface area contributed by atoms with Gasteiger partial charge in [-0.15, -0.1) is 6.58 Å². The Kier molecular flexibility index (Phi) is 4.35. The van der Waals surface area contributed by atoms with Crippen LogP contribution in [0.5, 0.6) is 0 Å². The Morgan fingerprint density at radius 3 is 2.68 bits per heavy atom. The number of nitrogens with one attached hydrogen (secondary N) is 1. The van der Waals surface area contributed by atoms with Crippen molar-refractivity contribution in [3.05, 3.63) is 48.7 Å². The highest BCUT2D eigenvalue weighted by Crippen LogP contribution is 2.22. The minimum atomic E-state index is -1.09. The third kappa shape index (κ3) is 2.88. The zero-order valence-corrected chi connectivity index (χ0v) is 13.1. The lowest BCUT2D eigenvalue weighted by molar-refractivity contribution is -0.146. The molecule has 0 atom stereocenters. The largest absolute Gasteiger partial charge is 0.467 e. The third-order valence-electron chi connectivity index (χ3n) is 3.48. The van der Waals surface area contributed by atoms with Crippen LogP contribution in [0.25, 0.3) is 10.9 Å². The third-order valence-corrected chi connectivity index (χ3v) is 3.48. The van der Waals surface area contributed by atoms with Crippen molar-refractivity contribution in [2.75, 3.05) is 7.11 Å². The maximum absolute atomic E-state index is 12.6. The van der Waals surface area contributed by atoms with Crippen molar-refractivity contribution in [3.63, 3.8) is 0 Å². The molecular weight excluding hydrogens is 280 g/mol. The molecule has 0 spiro atoms. The van der Waals surface area contributed by atoms with Gasteiger partial charge in [0.25, 0.3) is 5.91 Å². The fourth-order valence-corrected chi connectivity index (χ4v) is 2.38. The molecule has 0 aliphatic heterocycles. The first-order chi connectivity index (χ1) is 10.4. The lowest BCUT2D eigenvalue weighted by Crippen LogP contribution is -2.50. The first-order valence-electron chi connectivity index (χ1n) is 7.00. The van der Waals surface area contributed by atoms with Crippen LogP contribution in [0.2, 0.25) is 0 Å². The van der Waals surface area contributed by atoms with Gasteiger partial charge < -0.3 is 14.6 Å². The van der Waals surface area contributed by atoms with Crippen molar-refractivity contribution >= 4 is 22.8 Å². The summed E-state index contributed by atoms with van der Waals surface area (Å²) in [6.45, 7) is 7.55. The molecule has 2 aromatic rings. The summed E-state index contributed by atoms with van der Waals surface area (Å²) in [5.74, 6) is -0.801. The molecular formula is C17H20N2O3. The SMILES string of the molecule is C=CCn1cc(C(=O)NC(C)(C)C(=O)OC)c2ccccc21. The maximum Gasteiger partial charge on any atom is 0.330 e. The number of carbonyl (C=O) groups is 2. The predicted molar refractivity (Wildman–Crippen MR) is 85.7 cm³/mol. The monoisotopic (exact) mass is 300 g/mol. The van der Waals surface area contributed by atoms with Crippen LogP contribution in [0, 0.1) is 0 Å². The van der Waals surface area contributed by atoms with E-state index in [2.05, 4.69) is 11.9 Å². The van der Waals surface area contributed by atoms with Gasteiger partial charge in [0, 0.05) is 23.6 Å². The van der Waals surface area contributed by atoms with E-state index >= 15 is 0 Å². The van der Waals surface area contributed by atoms with Crippen molar-refractivity contribution < 1.29 is 14.3 Å². The van der Waals surface area contributed by atoms with Gasteiger partial charge in [0.05, 0.1) is 12.7 Å². The molecule has 0 saturated heterocycles. The van der Waals surface area contributed by atoms with E-state index in [0.29, 0.717) is 12.1 Å². The fraction of sp³-hybridized carbons (Fsp3) is 0.294. The molecule has 2 rings (SSSR count). The summed E-state index contributed by atoms with van der Waals surface area (Å²) in [4.78, 5) is 24.3. The fourth-order valence-electron chi connectivity index (χ4n) is 2.38. The van der Waals surface area contributed by atoms with E-state index < -0.39 is 11.5 Å². The number of ether oxygens (including phenoxy) is 1. The number of methoxy groups -OCH3 is 1. The van der Waals surface area contributed by atoms with Crippen LogP contribution in [0.1, 0.15) is 24.2 Å². The Labute approximate surface area is 129 Å². The first-order valence-corrected chi connectivity index (χ1v) is 7.00. The van der Waals surface area contributed by atoms with E-state index in [1.165, 1.54) is 7.11 Å². The van der Waals surface area contributed by atoms with Crippen molar-refractivity contribution in [1.29, 1.82) is 0 Å². The molecule has 0 fully saturated rings. The lowest BCUT2D eigenvalue weighted by atomic mass is 10.0. The van der Waals surface area contributed by atoms with Gasteiger partial charge in [-0.2, -0.15) is 0 Å². The van der Waals surface area contributed by atoms with Crippen LogP contribution in [0.3, 0.4) is 0 Å². The molecule has 0 aliphatic carbocycles. The normalized spacial score (nSPS) is 11.2. The number of allylic oxidation sites excluding steroid dienone is 1. The summed E-state index contributed by atoms with van der Waals surface area (Å²) in [5, 5.41) is 3.55. The molecule has 116 valence electrons. The summed E-state index contributed by atoms with van der Waals surface area (Å²) in [6.07, 6.45) is 3.54. The van der Waals surface area contributed by atoms with Gasteiger partial charge in [0.1, 0.15) is 5.54 Å². The van der Waals surface area contributed by atoms with Gasteiger partial charge in [-0.25, -0.2) is 4.79 Å². The number of nitrogens with zero attached hydrogens (tertiary/aromatic N) is 1. The quantitative estimate of drug-likeness (QED) is 0.682. The standard InChI is InChI=1S/C17H20N2O3/c1-5-10-19-11-13(12-8-6-7-9-14(12)19)15(20)18-17(2,3)16(21)22-4/h5-9,11H,1,10H2,2-4H3,(H,18,20). The van der Waals surface area contributed by atoms with Crippen molar-refractivity contribution in [2.24, 2.45) is 0 Å². The highest BCUT2D eigenvalue weighted by atomic mass is 16.5. The molecule has 0 saturated carbocycles. The van der Waals surface area contributed by atoms with E-state index in [4.69, 9.17) is 4.74 Å². The highest BCUT2D eigenvalue weighted by Gasteiger charge is 2.31. The highest BCUT2D eigenvalue weighted by molar-refractivity contribution is 6.08. The molecule has 0 bridgehead atoms. The molecule has 0 unspecified atom stereocenters. The Morgan fingerprint density at radius 2 is 2.05 bits per heavy atom. The Morgan fingerprint density at radius 1 is 1.36 bits per heavy atom. The molecule has 5 nitrogen and oxygen atoms in total. The van der Waals surface area contributed by atoms with Crippen molar-refractivity contribution in [3.8, 4) is 0 Å². The van der Waals surface area contributed by atoms with Crippen LogP contribution in [-0.4, -0.2) is 29.1 Å². The number of para-hydroxylation sites is 1. The Hall–Kier alpha value is -2.56. The molecule has 0 aliphatic rings. The van der Waals surface area contributed by atoms with Crippen LogP contribution < -0.4 is 5.32 Å². The number of amides is 1. The summed E-state index contributed by atoms with van der Waals surface area (Å²) < 4.78 is 6.66.